The van der Waals surface area contributed by atoms with Crippen LogP contribution < -0.4 is 10.1 Å². The van der Waals surface area contributed by atoms with Crippen molar-refractivity contribution >= 4 is 16.5 Å². The molecule has 0 radical (unpaired) electrons. The molecule has 0 saturated heterocycles. The van der Waals surface area contributed by atoms with Crippen molar-refractivity contribution in [2.24, 2.45) is 0 Å². The average Bonchev–Trinajstić information content (AvgIpc) is 2.74. The Bertz CT molecular complexity index is 1130. The van der Waals surface area contributed by atoms with Gasteiger partial charge < -0.3 is 10.1 Å². The zero-order valence-corrected chi connectivity index (χ0v) is 17.3. The maximum Gasteiger partial charge on any atom is 0.125 e. The average molecular weight is 382 g/mol. The highest BCUT2D eigenvalue weighted by Gasteiger charge is 2.10. The van der Waals surface area contributed by atoms with E-state index < -0.39 is 0 Å². The lowest BCUT2D eigenvalue weighted by molar-refractivity contribution is 0.304. The van der Waals surface area contributed by atoms with E-state index in [2.05, 4.69) is 105 Å². The first kappa shape index (κ1) is 19.1. The lowest BCUT2D eigenvalue weighted by atomic mass is 10.0. The maximum atomic E-state index is 6.27. The van der Waals surface area contributed by atoms with Crippen LogP contribution in [-0.4, -0.2) is 0 Å². The second-order valence-corrected chi connectivity index (χ2v) is 7.71. The predicted octanol–water partition coefficient (Wildman–Crippen LogP) is 6.96. The molecule has 0 heterocycles. The van der Waals surface area contributed by atoms with Gasteiger partial charge in [0.1, 0.15) is 12.4 Å². The maximum absolute atomic E-state index is 6.27. The third kappa shape index (κ3) is 4.43. The molecule has 146 valence electrons. The second-order valence-electron chi connectivity index (χ2n) is 7.71. The highest BCUT2D eigenvalue weighted by molar-refractivity contribution is 5.88. The summed E-state index contributed by atoms with van der Waals surface area (Å²) in [7, 11) is 0. The Balaban J connectivity index is 1.63. The summed E-state index contributed by atoms with van der Waals surface area (Å²) in [6, 6.07) is 27.8. The molecule has 29 heavy (non-hydrogen) atoms. The van der Waals surface area contributed by atoms with Gasteiger partial charge in [0.2, 0.25) is 0 Å². The Morgan fingerprint density at radius 2 is 1.52 bits per heavy atom. The van der Waals surface area contributed by atoms with Gasteiger partial charge in [-0.25, -0.2) is 0 Å². The molecule has 1 N–H and O–H groups in total. The summed E-state index contributed by atoms with van der Waals surface area (Å²) in [6.07, 6.45) is 0. The van der Waals surface area contributed by atoms with Gasteiger partial charge in [0.15, 0.2) is 0 Å². The van der Waals surface area contributed by atoms with Gasteiger partial charge in [0.25, 0.3) is 0 Å². The number of hydrogen-bond donors (Lipinski definition) is 1. The molecule has 0 fully saturated rings. The number of anilines is 1. The van der Waals surface area contributed by atoms with Crippen LogP contribution in [0.2, 0.25) is 0 Å². The van der Waals surface area contributed by atoms with Crippen LogP contribution in [0.5, 0.6) is 5.75 Å². The van der Waals surface area contributed by atoms with Gasteiger partial charge in [-0.15, -0.1) is 0 Å². The van der Waals surface area contributed by atoms with Crippen molar-refractivity contribution in [3.8, 4) is 5.75 Å². The summed E-state index contributed by atoms with van der Waals surface area (Å²) in [4.78, 5) is 0. The molecule has 0 atom stereocenters. The number of ether oxygens (including phenoxy) is 1. The molecule has 4 aromatic rings. The first-order valence-corrected chi connectivity index (χ1v) is 10.1. The van der Waals surface area contributed by atoms with Crippen LogP contribution in [0.15, 0.2) is 78.9 Å². The Morgan fingerprint density at radius 1 is 0.759 bits per heavy atom. The normalized spacial score (nSPS) is 10.9. The molecule has 0 unspecified atom stereocenters. The number of benzene rings is 4. The van der Waals surface area contributed by atoms with Crippen molar-refractivity contribution in [2.75, 3.05) is 5.32 Å². The van der Waals surface area contributed by atoms with E-state index in [1.54, 1.807) is 0 Å². The van der Waals surface area contributed by atoms with Crippen molar-refractivity contribution in [1.29, 1.82) is 0 Å². The third-order valence-electron chi connectivity index (χ3n) is 5.36. The van der Waals surface area contributed by atoms with E-state index in [0.29, 0.717) is 6.61 Å². The molecule has 0 bridgehead atoms. The van der Waals surface area contributed by atoms with Crippen molar-refractivity contribution in [2.45, 2.75) is 33.9 Å². The molecule has 0 spiro atoms. The van der Waals surface area contributed by atoms with Gasteiger partial charge >= 0.3 is 0 Å². The highest BCUT2D eigenvalue weighted by Crippen LogP contribution is 2.30. The third-order valence-corrected chi connectivity index (χ3v) is 5.36. The minimum absolute atomic E-state index is 0.565. The Morgan fingerprint density at radius 3 is 2.34 bits per heavy atom. The zero-order chi connectivity index (χ0) is 20.2. The molecule has 0 saturated carbocycles. The monoisotopic (exact) mass is 381 g/mol. The molecule has 2 heteroatoms. The van der Waals surface area contributed by atoms with E-state index in [1.807, 2.05) is 0 Å². The molecule has 4 aromatic carbocycles. The van der Waals surface area contributed by atoms with E-state index >= 15 is 0 Å². The minimum Gasteiger partial charge on any atom is -0.489 e. The number of hydrogen-bond acceptors (Lipinski definition) is 2. The fourth-order valence-electron chi connectivity index (χ4n) is 3.59. The van der Waals surface area contributed by atoms with Crippen molar-refractivity contribution in [1.82, 2.24) is 0 Å². The molecular formula is C27H27NO. The summed E-state index contributed by atoms with van der Waals surface area (Å²) in [5.74, 6) is 0.932. The second kappa shape index (κ2) is 8.40. The van der Waals surface area contributed by atoms with Crippen molar-refractivity contribution in [3.05, 3.63) is 107 Å². The topological polar surface area (TPSA) is 21.3 Å². The highest BCUT2D eigenvalue weighted by atomic mass is 16.5. The number of fused-ring (bicyclic) bond motifs is 1. The largest absolute Gasteiger partial charge is 0.489 e. The number of nitrogens with one attached hydrogen (secondary N) is 1. The Labute approximate surface area is 173 Å². The number of rotatable bonds is 6. The van der Waals surface area contributed by atoms with Crippen LogP contribution in [0.4, 0.5) is 5.69 Å². The Kier molecular flexibility index (Phi) is 5.53. The molecule has 0 amide bonds. The predicted molar refractivity (Wildman–Crippen MR) is 123 cm³/mol. The molecular weight excluding hydrogens is 354 g/mol. The molecule has 0 aliphatic heterocycles. The smallest absolute Gasteiger partial charge is 0.125 e. The molecule has 0 aliphatic rings. The fraction of sp³-hybridized carbons (Fsp3) is 0.185. The summed E-state index contributed by atoms with van der Waals surface area (Å²) >= 11 is 0. The standard InChI is InChI=1S/C27H27NO/c1-19-9-12-22(13-10-19)18-29-27-15-14-23-6-4-5-7-24(23)25(27)17-28-26-16-20(2)8-11-21(26)3/h4-16,28H,17-18H2,1-3H3. The fourth-order valence-corrected chi connectivity index (χ4v) is 3.59. The van der Waals surface area contributed by atoms with E-state index in [4.69, 9.17) is 4.74 Å². The quantitative estimate of drug-likeness (QED) is 0.390. The van der Waals surface area contributed by atoms with E-state index in [0.717, 1.165) is 12.3 Å². The first-order chi connectivity index (χ1) is 14.1. The van der Waals surface area contributed by atoms with Gasteiger partial charge in [0, 0.05) is 17.8 Å². The van der Waals surface area contributed by atoms with Crippen LogP contribution in [0.25, 0.3) is 10.8 Å². The Hall–Kier alpha value is -3.26. The van der Waals surface area contributed by atoms with E-state index in [-0.39, 0.29) is 0 Å². The molecule has 0 aromatic heterocycles. The van der Waals surface area contributed by atoms with Crippen LogP contribution in [-0.2, 0) is 13.2 Å². The van der Waals surface area contributed by atoms with Gasteiger partial charge in [-0.2, -0.15) is 0 Å². The van der Waals surface area contributed by atoms with Crippen LogP contribution in [0.1, 0.15) is 27.8 Å². The SMILES string of the molecule is Cc1ccc(COc2ccc3ccccc3c2CNc2cc(C)ccc2C)cc1. The van der Waals surface area contributed by atoms with Crippen LogP contribution in [0.3, 0.4) is 0 Å². The van der Waals surface area contributed by atoms with Crippen molar-refractivity contribution in [3.63, 3.8) is 0 Å². The minimum atomic E-state index is 0.565. The van der Waals surface area contributed by atoms with Crippen LogP contribution >= 0.6 is 0 Å². The van der Waals surface area contributed by atoms with E-state index in [9.17, 15) is 0 Å². The lowest BCUT2D eigenvalue weighted by Gasteiger charge is -2.17. The van der Waals surface area contributed by atoms with Gasteiger partial charge in [0.05, 0.1) is 0 Å². The molecule has 4 rings (SSSR count). The first-order valence-electron chi connectivity index (χ1n) is 10.1. The van der Waals surface area contributed by atoms with Crippen molar-refractivity contribution < 1.29 is 4.74 Å². The van der Waals surface area contributed by atoms with E-state index in [1.165, 1.54) is 44.3 Å². The van der Waals surface area contributed by atoms with Gasteiger partial charge in [-0.05, 0) is 60.4 Å². The molecule has 0 aliphatic carbocycles. The van der Waals surface area contributed by atoms with Gasteiger partial charge in [-0.1, -0.05) is 72.3 Å². The number of aryl methyl sites for hydroxylation is 3. The summed E-state index contributed by atoms with van der Waals surface area (Å²) < 4.78 is 6.27. The van der Waals surface area contributed by atoms with Gasteiger partial charge in [-0.3, -0.25) is 0 Å². The summed E-state index contributed by atoms with van der Waals surface area (Å²) in [5, 5.41) is 6.09. The lowest BCUT2D eigenvalue weighted by Crippen LogP contribution is -2.05. The summed E-state index contributed by atoms with van der Waals surface area (Å²) in [5.41, 5.74) is 7.30. The van der Waals surface area contributed by atoms with Crippen LogP contribution in [0, 0.1) is 20.8 Å². The summed E-state index contributed by atoms with van der Waals surface area (Å²) in [6.45, 7) is 7.65. The molecule has 2 nitrogen and oxygen atoms in total. The zero-order valence-electron chi connectivity index (χ0n) is 17.3.